The van der Waals surface area contributed by atoms with E-state index in [1.54, 1.807) is 0 Å². The molecule has 0 radical (unpaired) electrons. The third kappa shape index (κ3) is 5.86. The van der Waals surface area contributed by atoms with Gasteiger partial charge in [-0.2, -0.15) is 0 Å². The van der Waals surface area contributed by atoms with Crippen molar-refractivity contribution >= 4 is 5.91 Å². The minimum atomic E-state index is -0.462. The molecule has 0 saturated carbocycles. The van der Waals surface area contributed by atoms with Gasteiger partial charge in [-0.1, -0.05) is 43.2 Å². The van der Waals surface area contributed by atoms with E-state index < -0.39 is 6.04 Å². The fourth-order valence-corrected chi connectivity index (χ4v) is 2.79. The average Bonchev–Trinajstić information content (AvgIpc) is 2.77. The van der Waals surface area contributed by atoms with E-state index in [0.29, 0.717) is 13.0 Å². The highest BCUT2D eigenvalue weighted by atomic mass is 16.2. The fraction of sp³-hybridized carbons (Fsp3) is 0.588. The Morgan fingerprint density at radius 2 is 1.81 bits per heavy atom. The number of nitrogens with zero attached hydrogens (tertiary/aromatic N) is 1. The standard InChI is InChI=1S/C17H27N3O/c18-16(14-15-8-4-3-5-9-15)17(21)19-10-13-20-11-6-1-2-7-12-20/h3-5,8-9,16H,1-2,6-7,10-14,18H2,(H,19,21)/t16-/m1/s1. The molecule has 1 saturated heterocycles. The average molecular weight is 289 g/mol. The van der Waals surface area contributed by atoms with E-state index in [1.807, 2.05) is 30.3 Å². The molecule has 1 aliphatic heterocycles. The topological polar surface area (TPSA) is 58.4 Å². The van der Waals surface area contributed by atoms with E-state index in [2.05, 4.69) is 10.2 Å². The normalized spacial score (nSPS) is 18.0. The lowest BCUT2D eigenvalue weighted by Crippen LogP contribution is -2.44. The molecule has 1 atom stereocenters. The molecule has 3 N–H and O–H groups in total. The van der Waals surface area contributed by atoms with Gasteiger partial charge in [-0.05, 0) is 37.9 Å². The summed E-state index contributed by atoms with van der Waals surface area (Å²) in [6.45, 7) is 3.95. The molecular formula is C17H27N3O. The van der Waals surface area contributed by atoms with Crippen molar-refractivity contribution in [1.29, 1.82) is 0 Å². The van der Waals surface area contributed by atoms with Gasteiger partial charge in [0.25, 0.3) is 0 Å². The molecule has 4 heteroatoms. The molecule has 0 bridgehead atoms. The second-order valence-electron chi connectivity index (χ2n) is 5.84. The lowest BCUT2D eigenvalue weighted by atomic mass is 10.1. The first-order valence-electron chi connectivity index (χ1n) is 8.05. The summed E-state index contributed by atoms with van der Waals surface area (Å²) in [5.41, 5.74) is 7.07. The molecule has 0 unspecified atom stereocenters. The highest BCUT2D eigenvalue weighted by molar-refractivity contribution is 5.81. The van der Waals surface area contributed by atoms with Gasteiger partial charge >= 0.3 is 0 Å². The number of nitrogens with two attached hydrogens (primary N) is 1. The zero-order valence-electron chi connectivity index (χ0n) is 12.8. The molecule has 1 aliphatic rings. The van der Waals surface area contributed by atoms with Crippen molar-refractivity contribution in [2.45, 2.75) is 38.1 Å². The quantitative estimate of drug-likeness (QED) is 0.835. The van der Waals surface area contributed by atoms with E-state index in [0.717, 1.165) is 25.2 Å². The van der Waals surface area contributed by atoms with Crippen LogP contribution < -0.4 is 11.1 Å². The van der Waals surface area contributed by atoms with Crippen molar-refractivity contribution in [3.8, 4) is 0 Å². The molecule has 0 aliphatic carbocycles. The second-order valence-corrected chi connectivity index (χ2v) is 5.84. The Kier molecular flexibility index (Phi) is 6.70. The van der Waals surface area contributed by atoms with Crippen molar-refractivity contribution in [2.75, 3.05) is 26.2 Å². The third-order valence-electron chi connectivity index (χ3n) is 4.06. The highest BCUT2D eigenvalue weighted by Gasteiger charge is 2.14. The number of benzene rings is 1. The van der Waals surface area contributed by atoms with Gasteiger partial charge < -0.3 is 16.0 Å². The summed E-state index contributed by atoms with van der Waals surface area (Å²) in [7, 11) is 0. The van der Waals surface area contributed by atoms with Crippen LogP contribution in [0.5, 0.6) is 0 Å². The zero-order chi connectivity index (χ0) is 14.9. The molecule has 2 rings (SSSR count). The lowest BCUT2D eigenvalue weighted by Gasteiger charge is -2.20. The van der Waals surface area contributed by atoms with Gasteiger partial charge in [-0.3, -0.25) is 4.79 Å². The molecule has 21 heavy (non-hydrogen) atoms. The Hall–Kier alpha value is -1.39. The summed E-state index contributed by atoms with van der Waals surface area (Å²) in [5.74, 6) is -0.0475. The van der Waals surface area contributed by atoms with Crippen LogP contribution in [0, 0.1) is 0 Å². The van der Waals surface area contributed by atoms with Gasteiger partial charge in [-0.25, -0.2) is 0 Å². The zero-order valence-corrected chi connectivity index (χ0v) is 12.8. The molecule has 1 amide bonds. The third-order valence-corrected chi connectivity index (χ3v) is 4.06. The van der Waals surface area contributed by atoms with Gasteiger partial charge in [0.05, 0.1) is 6.04 Å². The minimum absolute atomic E-state index is 0.0475. The molecular weight excluding hydrogens is 262 g/mol. The van der Waals surface area contributed by atoms with Gasteiger partial charge in [0.1, 0.15) is 0 Å². The summed E-state index contributed by atoms with van der Waals surface area (Å²) in [6.07, 6.45) is 5.83. The number of nitrogens with one attached hydrogen (secondary N) is 1. The summed E-state index contributed by atoms with van der Waals surface area (Å²) in [4.78, 5) is 14.4. The molecule has 0 spiro atoms. The summed E-state index contributed by atoms with van der Waals surface area (Å²) >= 11 is 0. The van der Waals surface area contributed by atoms with Crippen LogP contribution in [0.4, 0.5) is 0 Å². The summed E-state index contributed by atoms with van der Waals surface area (Å²) in [5, 5.41) is 2.96. The highest BCUT2D eigenvalue weighted by Crippen LogP contribution is 2.08. The van der Waals surface area contributed by atoms with Crippen LogP contribution in [-0.2, 0) is 11.2 Å². The van der Waals surface area contributed by atoms with E-state index in [1.165, 1.54) is 25.7 Å². The largest absolute Gasteiger partial charge is 0.353 e. The first-order chi connectivity index (χ1) is 10.3. The fourth-order valence-electron chi connectivity index (χ4n) is 2.79. The smallest absolute Gasteiger partial charge is 0.237 e. The van der Waals surface area contributed by atoms with Crippen molar-refractivity contribution in [1.82, 2.24) is 10.2 Å². The summed E-state index contributed by atoms with van der Waals surface area (Å²) in [6, 6.07) is 9.46. The number of hydrogen-bond donors (Lipinski definition) is 2. The van der Waals surface area contributed by atoms with Gasteiger partial charge in [0.15, 0.2) is 0 Å². The maximum absolute atomic E-state index is 12.0. The number of amides is 1. The minimum Gasteiger partial charge on any atom is -0.353 e. The summed E-state index contributed by atoms with van der Waals surface area (Å²) < 4.78 is 0. The van der Waals surface area contributed by atoms with Crippen LogP contribution >= 0.6 is 0 Å². The number of likely N-dealkylation sites (tertiary alicyclic amines) is 1. The SMILES string of the molecule is N[C@H](Cc1ccccc1)C(=O)NCCN1CCCCCC1. The van der Waals surface area contributed by atoms with Crippen LogP contribution in [0.15, 0.2) is 30.3 Å². The Labute approximate surface area is 127 Å². The Balaban J connectivity index is 1.66. The van der Waals surface area contributed by atoms with Crippen LogP contribution in [-0.4, -0.2) is 43.0 Å². The molecule has 1 aromatic rings. The molecule has 116 valence electrons. The second kappa shape index (κ2) is 8.80. The van der Waals surface area contributed by atoms with Gasteiger partial charge in [0, 0.05) is 13.1 Å². The van der Waals surface area contributed by atoms with Crippen molar-refractivity contribution in [2.24, 2.45) is 5.73 Å². The monoisotopic (exact) mass is 289 g/mol. The number of hydrogen-bond acceptors (Lipinski definition) is 3. The number of carbonyl (C=O) groups excluding carboxylic acids is 1. The van der Waals surface area contributed by atoms with Gasteiger partial charge in [-0.15, -0.1) is 0 Å². The van der Waals surface area contributed by atoms with Gasteiger partial charge in [0.2, 0.25) is 5.91 Å². The Morgan fingerprint density at radius 1 is 1.14 bits per heavy atom. The molecule has 1 aromatic carbocycles. The van der Waals surface area contributed by atoms with Crippen molar-refractivity contribution in [3.05, 3.63) is 35.9 Å². The first-order valence-corrected chi connectivity index (χ1v) is 8.05. The molecule has 0 aromatic heterocycles. The van der Waals surface area contributed by atoms with Crippen LogP contribution in [0.3, 0.4) is 0 Å². The first kappa shape index (κ1) is 16.0. The van der Waals surface area contributed by atoms with Crippen LogP contribution in [0.2, 0.25) is 0 Å². The number of carbonyl (C=O) groups is 1. The van der Waals surface area contributed by atoms with E-state index in [9.17, 15) is 4.79 Å². The maximum atomic E-state index is 12.0. The lowest BCUT2D eigenvalue weighted by molar-refractivity contribution is -0.122. The molecule has 1 fully saturated rings. The van der Waals surface area contributed by atoms with E-state index in [4.69, 9.17) is 5.73 Å². The Morgan fingerprint density at radius 3 is 2.48 bits per heavy atom. The van der Waals surface area contributed by atoms with E-state index >= 15 is 0 Å². The molecule has 1 heterocycles. The number of rotatable bonds is 6. The van der Waals surface area contributed by atoms with Crippen molar-refractivity contribution < 1.29 is 4.79 Å². The van der Waals surface area contributed by atoms with E-state index in [-0.39, 0.29) is 5.91 Å². The maximum Gasteiger partial charge on any atom is 0.237 e. The van der Waals surface area contributed by atoms with Crippen molar-refractivity contribution in [3.63, 3.8) is 0 Å². The Bertz CT molecular complexity index is 413. The predicted octanol–water partition coefficient (Wildman–Crippen LogP) is 1.55. The van der Waals surface area contributed by atoms with Crippen LogP contribution in [0.25, 0.3) is 0 Å². The molecule has 4 nitrogen and oxygen atoms in total. The van der Waals surface area contributed by atoms with Crippen LogP contribution in [0.1, 0.15) is 31.2 Å². The predicted molar refractivity (Wildman–Crippen MR) is 86.0 cm³/mol.